The van der Waals surface area contributed by atoms with Gasteiger partial charge in [0.15, 0.2) is 0 Å². The Morgan fingerprint density at radius 2 is 1.96 bits per heavy atom. The summed E-state index contributed by atoms with van der Waals surface area (Å²) in [5, 5.41) is 22.6. The average molecular weight is 344 g/mol. The first-order chi connectivity index (χ1) is 11.9. The van der Waals surface area contributed by atoms with Crippen LogP contribution < -0.4 is 10.1 Å². The molecule has 2 aromatic rings. The van der Waals surface area contributed by atoms with E-state index < -0.39 is 29.3 Å². The van der Waals surface area contributed by atoms with Crippen molar-refractivity contribution in [2.45, 2.75) is 12.5 Å². The fourth-order valence-corrected chi connectivity index (χ4v) is 2.29. The first-order valence-electron chi connectivity index (χ1n) is 7.31. The molecule has 0 aliphatic rings. The van der Waals surface area contributed by atoms with Crippen molar-refractivity contribution in [3.05, 3.63) is 69.8 Å². The zero-order valence-electron chi connectivity index (χ0n) is 13.3. The molecule has 25 heavy (non-hydrogen) atoms. The summed E-state index contributed by atoms with van der Waals surface area (Å²) in [6, 6.07) is 11.0. The van der Waals surface area contributed by atoms with Gasteiger partial charge in [0.2, 0.25) is 0 Å². The highest BCUT2D eigenvalue weighted by Gasteiger charge is 2.21. The number of methoxy groups -OCH3 is 1. The molecule has 0 heterocycles. The minimum absolute atomic E-state index is 0.177. The van der Waals surface area contributed by atoms with Gasteiger partial charge in [0, 0.05) is 17.7 Å². The Hall–Kier alpha value is -3.42. The Labute approximate surface area is 143 Å². The quantitative estimate of drug-likeness (QED) is 0.588. The Kier molecular flexibility index (Phi) is 5.67. The van der Waals surface area contributed by atoms with E-state index in [4.69, 9.17) is 9.84 Å². The molecule has 8 nitrogen and oxygen atoms in total. The molecule has 8 heteroatoms. The molecule has 0 aliphatic carbocycles. The molecule has 0 radical (unpaired) electrons. The van der Waals surface area contributed by atoms with Gasteiger partial charge in [0.1, 0.15) is 5.75 Å². The van der Waals surface area contributed by atoms with Crippen molar-refractivity contribution in [1.82, 2.24) is 5.32 Å². The van der Waals surface area contributed by atoms with E-state index in [1.807, 2.05) is 0 Å². The lowest BCUT2D eigenvalue weighted by molar-refractivity contribution is -0.384. The second-order valence-corrected chi connectivity index (χ2v) is 5.21. The van der Waals surface area contributed by atoms with Crippen LogP contribution >= 0.6 is 0 Å². The number of hydrogen-bond donors (Lipinski definition) is 2. The number of carboxylic acids is 1. The third-order valence-corrected chi connectivity index (χ3v) is 3.50. The monoisotopic (exact) mass is 344 g/mol. The molecule has 0 saturated carbocycles. The molecule has 0 spiro atoms. The van der Waals surface area contributed by atoms with Crippen LogP contribution in [0.15, 0.2) is 48.5 Å². The molecule has 2 N–H and O–H groups in total. The van der Waals surface area contributed by atoms with Gasteiger partial charge in [0.05, 0.1) is 24.5 Å². The Morgan fingerprint density at radius 3 is 2.60 bits per heavy atom. The summed E-state index contributed by atoms with van der Waals surface area (Å²) in [5.41, 5.74) is 0.455. The van der Waals surface area contributed by atoms with Crippen LogP contribution in [0, 0.1) is 10.1 Å². The van der Waals surface area contributed by atoms with Crippen LogP contribution in [0.25, 0.3) is 0 Å². The highest BCUT2D eigenvalue weighted by atomic mass is 16.6. The molecule has 0 bridgehead atoms. The number of carbonyl (C=O) groups excluding carboxylic acids is 1. The van der Waals surface area contributed by atoms with Crippen molar-refractivity contribution in [3.63, 3.8) is 0 Å². The molecule has 0 aliphatic heterocycles. The zero-order chi connectivity index (χ0) is 18.4. The van der Waals surface area contributed by atoms with Gasteiger partial charge in [-0.25, -0.2) is 0 Å². The number of nitro benzene ring substituents is 1. The van der Waals surface area contributed by atoms with E-state index in [1.54, 1.807) is 18.2 Å². The molecule has 1 amide bonds. The summed E-state index contributed by atoms with van der Waals surface area (Å²) < 4.78 is 5.05. The summed E-state index contributed by atoms with van der Waals surface area (Å²) in [6.07, 6.45) is -0.406. The number of amides is 1. The van der Waals surface area contributed by atoms with Crippen molar-refractivity contribution < 1.29 is 24.4 Å². The van der Waals surface area contributed by atoms with Crippen molar-refractivity contribution >= 4 is 17.6 Å². The fraction of sp³-hybridized carbons (Fsp3) is 0.176. The number of nitrogens with one attached hydrogen (secondary N) is 1. The third kappa shape index (κ3) is 4.77. The van der Waals surface area contributed by atoms with E-state index in [0.29, 0.717) is 16.9 Å². The van der Waals surface area contributed by atoms with Gasteiger partial charge in [-0.15, -0.1) is 0 Å². The number of carbonyl (C=O) groups is 2. The van der Waals surface area contributed by atoms with Gasteiger partial charge >= 0.3 is 5.97 Å². The number of hydrogen-bond acceptors (Lipinski definition) is 5. The lowest BCUT2D eigenvalue weighted by atomic mass is 10.0. The van der Waals surface area contributed by atoms with Crippen molar-refractivity contribution in [3.8, 4) is 5.75 Å². The Balaban J connectivity index is 2.28. The molecular formula is C17H16N2O6. The first-order valence-corrected chi connectivity index (χ1v) is 7.31. The van der Waals surface area contributed by atoms with Crippen molar-refractivity contribution in [2.24, 2.45) is 0 Å². The van der Waals surface area contributed by atoms with E-state index in [9.17, 15) is 19.7 Å². The van der Waals surface area contributed by atoms with Crippen LogP contribution in [-0.4, -0.2) is 29.0 Å². The second kappa shape index (κ2) is 7.91. The van der Waals surface area contributed by atoms with E-state index in [-0.39, 0.29) is 5.69 Å². The van der Waals surface area contributed by atoms with E-state index >= 15 is 0 Å². The van der Waals surface area contributed by atoms with E-state index in [0.717, 1.165) is 0 Å². The van der Waals surface area contributed by atoms with E-state index in [2.05, 4.69) is 5.32 Å². The predicted octanol–water partition coefficient (Wildman–Crippen LogP) is 2.55. The molecular weight excluding hydrogens is 328 g/mol. The summed E-state index contributed by atoms with van der Waals surface area (Å²) >= 11 is 0. The molecule has 1 atom stereocenters. The summed E-state index contributed by atoms with van der Waals surface area (Å²) in [4.78, 5) is 33.8. The lowest BCUT2D eigenvalue weighted by Gasteiger charge is -2.17. The molecule has 0 aromatic heterocycles. The second-order valence-electron chi connectivity index (χ2n) is 5.21. The minimum Gasteiger partial charge on any atom is -0.497 e. The summed E-state index contributed by atoms with van der Waals surface area (Å²) in [6.45, 7) is 0. The van der Waals surface area contributed by atoms with Crippen molar-refractivity contribution in [1.29, 1.82) is 0 Å². The van der Waals surface area contributed by atoms with Gasteiger partial charge in [-0.3, -0.25) is 19.7 Å². The maximum Gasteiger partial charge on any atom is 0.305 e. The van der Waals surface area contributed by atoms with Gasteiger partial charge < -0.3 is 15.2 Å². The van der Waals surface area contributed by atoms with Gasteiger partial charge in [-0.2, -0.15) is 0 Å². The predicted molar refractivity (Wildman–Crippen MR) is 88.6 cm³/mol. The molecule has 2 aromatic carbocycles. The largest absolute Gasteiger partial charge is 0.497 e. The number of aliphatic carboxylic acids is 1. The molecule has 2 rings (SSSR count). The van der Waals surface area contributed by atoms with Gasteiger partial charge in [0.25, 0.3) is 11.6 Å². The highest BCUT2D eigenvalue weighted by molar-refractivity contribution is 5.95. The SMILES string of the molecule is COc1cccc(C(=O)N[C@H](CC(=O)O)c2cccc([N+](=O)[O-])c2)c1. The molecule has 0 fully saturated rings. The molecule has 130 valence electrons. The van der Waals surface area contributed by atoms with Crippen LogP contribution in [0.5, 0.6) is 5.75 Å². The average Bonchev–Trinajstić information content (AvgIpc) is 2.60. The van der Waals surface area contributed by atoms with Crippen LogP contribution in [0.4, 0.5) is 5.69 Å². The van der Waals surface area contributed by atoms with Crippen LogP contribution in [0.1, 0.15) is 28.4 Å². The van der Waals surface area contributed by atoms with Crippen LogP contribution in [0.3, 0.4) is 0 Å². The first kappa shape index (κ1) is 17.9. The maximum absolute atomic E-state index is 12.4. The zero-order valence-corrected chi connectivity index (χ0v) is 13.3. The number of nitro groups is 1. The summed E-state index contributed by atoms with van der Waals surface area (Å²) in [5.74, 6) is -1.16. The highest BCUT2D eigenvalue weighted by Crippen LogP contribution is 2.23. The number of ether oxygens (including phenoxy) is 1. The normalized spacial score (nSPS) is 11.4. The molecule has 0 saturated heterocycles. The van der Waals surface area contributed by atoms with Crippen LogP contribution in [-0.2, 0) is 4.79 Å². The van der Waals surface area contributed by atoms with Gasteiger partial charge in [-0.05, 0) is 23.8 Å². The number of carboxylic acid groups (broad SMARTS) is 1. The fourth-order valence-electron chi connectivity index (χ4n) is 2.29. The maximum atomic E-state index is 12.4. The smallest absolute Gasteiger partial charge is 0.305 e. The topological polar surface area (TPSA) is 119 Å². The number of rotatable bonds is 7. The van der Waals surface area contributed by atoms with Crippen molar-refractivity contribution in [2.75, 3.05) is 7.11 Å². The number of non-ortho nitro benzene ring substituents is 1. The number of nitrogens with zero attached hydrogens (tertiary/aromatic N) is 1. The van der Waals surface area contributed by atoms with Gasteiger partial charge in [-0.1, -0.05) is 18.2 Å². The Bertz CT molecular complexity index is 805. The van der Waals surface area contributed by atoms with Crippen LogP contribution in [0.2, 0.25) is 0 Å². The minimum atomic E-state index is -1.14. The standard InChI is InChI=1S/C17H16N2O6/c1-25-14-7-3-5-12(9-14)17(22)18-15(10-16(20)21)11-4-2-6-13(8-11)19(23)24/h2-9,15H,10H2,1H3,(H,18,22)(H,20,21)/t15-/m1/s1. The van der Waals surface area contributed by atoms with E-state index in [1.165, 1.54) is 37.4 Å². The summed E-state index contributed by atoms with van der Waals surface area (Å²) in [7, 11) is 1.47. The molecule has 0 unspecified atom stereocenters. The third-order valence-electron chi connectivity index (χ3n) is 3.50. The Morgan fingerprint density at radius 1 is 1.24 bits per heavy atom. The lowest BCUT2D eigenvalue weighted by Crippen LogP contribution is -2.30. The number of benzene rings is 2.